The lowest BCUT2D eigenvalue weighted by molar-refractivity contribution is -0.131. The van der Waals surface area contributed by atoms with Gasteiger partial charge in [0.2, 0.25) is 5.91 Å². The second-order valence-electron chi connectivity index (χ2n) is 4.54. The van der Waals surface area contributed by atoms with Crippen LogP contribution in [-0.4, -0.2) is 37.1 Å². The van der Waals surface area contributed by atoms with Crippen LogP contribution in [0.25, 0.3) is 0 Å². The topological polar surface area (TPSA) is 41.6 Å². The number of nitrogens with zero attached hydrogens (tertiary/aromatic N) is 1. The van der Waals surface area contributed by atoms with E-state index in [0.29, 0.717) is 13.2 Å². The summed E-state index contributed by atoms with van der Waals surface area (Å²) in [5.74, 6) is 0.168. The third-order valence-corrected chi connectivity index (χ3v) is 3.95. The van der Waals surface area contributed by atoms with Gasteiger partial charge in [-0.15, -0.1) is 0 Å². The molecule has 1 aromatic rings. The maximum Gasteiger partial charge on any atom is 0.238 e. The Balaban J connectivity index is 2.17. The molecule has 1 aliphatic heterocycles. The lowest BCUT2D eigenvalue weighted by atomic mass is 10.1. The quantitative estimate of drug-likeness (QED) is 0.858. The highest BCUT2D eigenvalue weighted by Gasteiger charge is 2.36. The third-order valence-electron chi connectivity index (χ3n) is 3.25. The van der Waals surface area contributed by atoms with Crippen LogP contribution in [0.3, 0.4) is 0 Å². The average molecular weight is 268 g/mol. The fourth-order valence-electron chi connectivity index (χ4n) is 2.47. The van der Waals surface area contributed by atoms with Crippen LogP contribution in [0.4, 0.5) is 0 Å². The van der Waals surface area contributed by atoms with Crippen molar-refractivity contribution < 1.29 is 9.53 Å². The third kappa shape index (κ3) is 2.74. The van der Waals surface area contributed by atoms with E-state index < -0.39 is 0 Å². The maximum absolute atomic E-state index is 12.1. The number of carbonyl (C=O) groups excluding carboxylic acids is 1. The van der Waals surface area contributed by atoms with Crippen molar-refractivity contribution in [1.82, 2.24) is 10.2 Å². The predicted molar refractivity (Wildman–Crippen MR) is 72.5 cm³/mol. The van der Waals surface area contributed by atoms with Gasteiger partial charge in [0.1, 0.15) is 6.17 Å². The van der Waals surface area contributed by atoms with E-state index in [1.807, 2.05) is 10.3 Å². The first-order valence-corrected chi connectivity index (χ1v) is 7.27. The molecular weight excluding hydrogens is 248 g/mol. The van der Waals surface area contributed by atoms with E-state index in [-0.39, 0.29) is 18.1 Å². The molecule has 1 N–H and O–H groups in total. The van der Waals surface area contributed by atoms with Crippen molar-refractivity contribution in [2.75, 3.05) is 20.3 Å². The van der Waals surface area contributed by atoms with Gasteiger partial charge in [-0.1, -0.05) is 13.3 Å². The average Bonchev–Trinajstić information content (AvgIpc) is 2.97. The van der Waals surface area contributed by atoms with E-state index >= 15 is 0 Å². The molecule has 0 aliphatic carbocycles. The molecule has 2 unspecified atom stereocenters. The zero-order valence-corrected chi connectivity index (χ0v) is 11.7. The van der Waals surface area contributed by atoms with Gasteiger partial charge in [0.05, 0.1) is 19.2 Å². The summed E-state index contributed by atoms with van der Waals surface area (Å²) in [6.45, 7) is 3.16. The van der Waals surface area contributed by atoms with Gasteiger partial charge >= 0.3 is 0 Å². The number of thiophene rings is 1. The lowest BCUT2D eigenvalue weighted by Gasteiger charge is -2.32. The van der Waals surface area contributed by atoms with Crippen LogP contribution in [0.15, 0.2) is 16.8 Å². The van der Waals surface area contributed by atoms with Gasteiger partial charge in [-0.25, -0.2) is 0 Å². The molecule has 100 valence electrons. The van der Waals surface area contributed by atoms with E-state index in [2.05, 4.69) is 23.7 Å². The first-order chi connectivity index (χ1) is 8.77. The van der Waals surface area contributed by atoms with Crippen molar-refractivity contribution in [2.24, 2.45) is 0 Å². The predicted octanol–water partition coefficient (Wildman–Crippen LogP) is 1.99. The molecule has 1 saturated heterocycles. The molecule has 2 rings (SSSR count). The lowest BCUT2D eigenvalue weighted by Crippen LogP contribution is -2.42. The Hall–Kier alpha value is -0.910. The monoisotopic (exact) mass is 268 g/mol. The summed E-state index contributed by atoms with van der Waals surface area (Å²) in [5.41, 5.74) is 1.17. The van der Waals surface area contributed by atoms with Crippen molar-refractivity contribution in [3.8, 4) is 0 Å². The fourth-order valence-corrected chi connectivity index (χ4v) is 3.15. The Morgan fingerprint density at radius 3 is 3.11 bits per heavy atom. The molecule has 1 aliphatic rings. The number of ether oxygens (including phenoxy) is 1. The van der Waals surface area contributed by atoms with Gasteiger partial charge in [0.15, 0.2) is 0 Å². The van der Waals surface area contributed by atoms with Crippen LogP contribution in [0.5, 0.6) is 0 Å². The molecule has 0 radical (unpaired) electrons. The van der Waals surface area contributed by atoms with Crippen molar-refractivity contribution >= 4 is 17.2 Å². The highest BCUT2D eigenvalue weighted by molar-refractivity contribution is 7.07. The Labute approximate surface area is 112 Å². The maximum atomic E-state index is 12.1. The van der Waals surface area contributed by atoms with Gasteiger partial charge in [0.25, 0.3) is 0 Å². The van der Waals surface area contributed by atoms with Crippen molar-refractivity contribution in [3.05, 3.63) is 22.4 Å². The molecule has 0 saturated carbocycles. The number of carbonyl (C=O) groups is 1. The Kier molecular flexibility index (Phi) is 4.74. The molecule has 5 heteroatoms. The van der Waals surface area contributed by atoms with Crippen molar-refractivity contribution in [1.29, 1.82) is 0 Å². The van der Waals surface area contributed by atoms with Gasteiger partial charge < -0.3 is 9.64 Å². The number of nitrogens with one attached hydrogen (secondary N) is 1. The standard InChI is InChI=1S/C13H20N2O2S/c1-3-4-11(8-17-2)15-12(16)7-14-13(15)10-5-6-18-9-10/h5-6,9,11,13-14H,3-4,7-8H2,1-2H3. The summed E-state index contributed by atoms with van der Waals surface area (Å²) in [6.07, 6.45) is 2.03. The molecule has 0 bridgehead atoms. The largest absolute Gasteiger partial charge is 0.383 e. The van der Waals surface area contributed by atoms with Crippen LogP contribution < -0.4 is 5.32 Å². The van der Waals surface area contributed by atoms with E-state index in [1.54, 1.807) is 18.4 Å². The second kappa shape index (κ2) is 6.31. The zero-order valence-electron chi connectivity index (χ0n) is 10.9. The highest BCUT2D eigenvalue weighted by Crippen LogP contribution is 2.28. The summed E-state index contributed by atoms with van der Waals surface area (Å²) in [7, 11) is 1.69. The molecule has 1 fully saturated rings. The minimum atomic E-state index is 0.00968. The van der Waals surface area contributed by atoms with Crippen LogP contribution in [-0.2, 0) is 9.53 Å². The number of amides is 1. The van der Waals surface area contributed by atoms with E-state index in [9.17, 15) is 4.79 Å². The molecule has 1 aromatic heterocycles. The normalized spacial score (nSPS) is 21.6. The van der Waals surface area contributed by atoms with Crippen LogP contribution in [0.2, 0.25) is 0 Å². The molecule has 2 atom stereocenters. The minimum Gasteiger partial charge on any atom is -0.383 e. The SMILES string of the molecule is CCCC(COC)N1C(=O)CNC1c1ccsc1. The number of rotatable bonds is 6. The summed E-state index contributed by atoms with van der Waals surface area (Å²) in [5, 5.41) is 7.42. The van der Waals surface area contributed by atoms with Gasteiger partial charge in [-0.2, -0.15) is 11.3 Å². The molecule has 0 aromatic carbocycles. The molecule has 0 spiro atoms. The Morgan fingerprint density at radius 2 is 2.50 bits per heavy atom. The van der Waals surface area contributed by atoms with E-state index in [4.69, 9.17) is 4.74 Å². The smallest absolute Gasteiger partial charge is 0.238 e. The van der Waals surface area contributed by atoms with Crippen LogP contribution >= 0.6 is 11.3 Å². The first-order valence-electron chi connectivity index (χ1n) is 6.33. The summed E-state index contributed by atoms with van der Waals surface area (Å²) in [4.78, 5) is 14.0. The molecule has 4 nitrogen and oxygen atoms in total. The van der Waals surface area contributed by atoms with Crippen LogP contribution in [0.1, 0.15) is 31.5 Å². The number of methoxy groups -OCH3 is 1. The van der Waals surface area contributed by atoms with Gasteiger partial charge in [0, 0.05) is 7.11 Å². The number of hydrogen-bond donors (Lipinski definition) is 1. The highest BCUT2D eigenvalue weighted by atomic mass is 32.1. The molecule has 2 heterocycles. The van der Waals surface area contributed by atoms with E-state index in [0.717, 1.165) is 12.8 Å². The summed E-state index contributed by atoms with van der Waals surface area (Å²) < 4.78 is 5.26. The second-order valence-corrected chi connectivity index (χ2v) is 5.32. The Bertz CT molecular complexity index is 374. The van der Waals surface area contributed by atoms with Crippen molar-refractivity contribution in [3.63, 3.8) is 0 Å². The number of hydrogen-bond acceptors (Lipinski definition) is 4. The Morgan fingerprint density at radius 1 is 1.67 bits per heavy atom. The zero-order chi connectivity index (χ0) is 13.0. The minimum absolute atomic E-state index is 0.00968. The summed E-state index contributed by atoms with van der Waals surface area (Å²) >= 11 is 1.66. The summed E-state index contributed by atoms with van der Waals surface area (Å²) in [6, 6.07) is 2.23. The fraction of sp³-hybridized carbons (Fsp3) is 0.615. The van der Waals surface area contributed by atoms with Gasteiger partial charge in [-0.3, -0.25) is 10.1 Å². The van der Waals surface area contributed by atoms with E-state index in [1.165, 1.54) is 5.56 Å². The molecule has 18 heavy (non-hydrogen) atoms. The molecular formula is C13H20N2O2S. The van der Waals surface area contributed by atoms with Gasteiger partial charge in [-0.05, 0) is 28.8 Å². The van der Waals surface area contributed by atoms with Crippen LogP contribution in [0, 0.1) is 0 Å². The first kappa shape index (κ1) is 13.5. The molecule has 1 amide bonds. The van der Waals surface area contributed by atoms with Crippen molar-refractivity contribution in [2.45, 2.75) is 32.0 Å².